The second-order valence-electron chi connectivity index (χ2n) is 7.16. The zero-order valence-corrected chi connectivity index (χ0v) is 16.5. The molecule has 0 fully saturated rings. The highest BCUT2D eigenvalue weighted by Gasteiger charge is 2.25. The van der Waals surface area contributed by atoms with E-state index in [0.717, 1.165) is 29.0 Å². The molecule has 0 saturated heterocycles. The molecule has 134 valence electrons. The molecule has 0 radical (unpaired) electrons. The first-order valence-electron chi connectivity index (χ1n) is 8.53. The molecule has 5 nitrogen and oxygen atoms in total. The Morgan fingerprint density at radius 3 is 2.52 bits per heavy atom. The smallest absolute Gasteiger partial charge is 0.236 e. The van der Waals surface area contributed by atoms with Gasteiger partial charge in [-0.1, -0.05) is 34.6 Å². The predicted molar refractivity (Wildman–Crippen MR) is 101 cm³/mol. The van der Waals surface area contributed by atoms with Crippen LogP contribution in [-0.4, -0.2) is 10.9 Å². The summed E-state index contributed by atoms with van der Waals surface area (Å²) in [5.41, 5.74) is 2.01. The van der Waals surface area contributed by atoms with E-state index in [1.165, 1.54) is 11.3 Å². The van der Waals surface area contributed by atoms with Crippen molar-refractivity contribution in [1.82, 2.24) is 4.98 Å². The van der Waals surface area contributed by atoms with Crippen LogP contribution in [0.4, 0.5) is 5.00 Å². The maximum atomic E-state index is 12.4. The van der Waals surface area contributed by atoms with Crippen LogP contribution in [0.2, 0.25) is 0 Å². The van der Waals surface area contributed by atoms with Gasteiger partial charge in [0.05, 0.1) is 16.1 Å². The highest BCUT2D eigenvalue weighted by molar-refractivity contribution is 7.20. The molecular formula is C19H25N3O2S. The SMILES string of the molecule is CCC(CC)C(=O)Nc1sc(-c2nc(C(C)(C)C)co2)c(C)c1C#N. The van der Waals surface area contributed by atoms with Crippen LogP contribution in [-0.2, 0) is 10.2 Å². The van der Waals surface area contributed by atoms with Crippen LogP contribution in [0.15, 0.2) is 10.7 Å². The van der Waals surface area contributed by atoms with E-state index < -0.39 is 0 Å². The summed E-state index contributed by atoms with van der Waals surface area (Å²) in [5.74, 6) is 0.399. The van der Waals surface area contributed by atoms with Gasteiger partial charge in [-0.3, -0.25) is 4.79 Å². The number of carbonyl (C=O) groups is 1. The molecule has 0 bridgehead atoms. The first-order valence-corrected chi connectivity index (χ1v) is 9.35. The molecule has 1 N–H and O–H groups in total. The van der Waals surface area contributed by atoms with Gasteiger partial charge < -0.3 is 9.73 Å². The summed E-state index contributed by atoms with van der Waals surface area (Å²) in [7, 11) is 0. The third-order valence-corrected chi connectivity index (χ3v) is 5.51. The lowest BCUT2D eigenvalue weighted by atomic mass is 9.93. The minimum absolute atomic E-state index is 0.0444. The van der Waals surface area contributed by atoms with Gasteiger partial charge >= 0.3 is 0 Å². The third kappa shape index (κ3) is 3.93. The van der Waals surface area contributed by atoms with Gasteiger partial charge in [0.2, 0.25) is 11.8 Å². The summed E-state index contributed by atoms with van der Waals surface area (Å²) in [6, 6.07) is 2.20. The van der Waals surface area contributed by atoms with Crippen molar-refractivity contribution in [2.45, 2.75) is 59.8 Å². The molecule has 2 aromatic heterocycles. The second kappa shape index (κ2) is 7.40. The molecule has 0 unspecified atom stereocenters. The molecule has 0 atom stereocenters. The Bertz CT molecular complexity index is 802. The van der Waals surface area contributed by atoms with Crippen molar-refractivity contribution in [1.29, 1.82) is 5.26 Å². The summed E-state index contributed by atoms with van der Waals surface area (Å²) in [6.07, 6.45) is 3.20. The zero-order valence-electron chi connectivity index (χ0n) is 15.7. The summed E-state index contributed by atoms with van der Waals surface area (Å²) in [4.78, 5) is 17.7. The van der Waals surface area contributed by atoms with E-state index >= 15 is 0 Å². The highest BCUT2D eigenvalue weighted by atomic mass is 32.1. The van der Waals surface area contributed by atoms with E-state index in [9.17, 15) is 10.1 Å². The van der Waals surface area contributed by atoms with Crippen molar-refractivity contribution >= 4 is 22.2 Å². The first kappa shape index (κ1) is 19.2. The van der Waals surface area contributed by atoms with Gasteiger partial charge in [-0.05, 0) is 25.3 Å². The lowest BCUT2D eigenvalue weighted by molar-refractivity contribution is -0.120. The molecule has 2 aromatic rings. The summed E-state index contributed by atoms with van der Waals surface area (Å²) < 4.78 is 5.64. The van der Waals surface area contributed by atoms with Gasteiger partial charge in [0.1, 0.15) is 17.3 Å². The number of oxazole rings is 1. The molecule has 0 saturated carbocycles. The highest BCUT2D eigenvalue weighted by Crippen LogP contribution is 2.40. The van der Waals surface area contributed by atoms with Crippen LogP contribution in [0.5, 0.6) is 0 Å². The van der Waals surface area contributed by atoms with Gasteiger partial charge in [0.15, 0.2) is 0 Å². The molecule has 0 aliphatic carbocycles. The first-order chi connectivity index (χ1) is 11.7. The molecule has 0 aliphatic rings. The molecule has 2 rings (SSSR count). The van der Waals surface area contributed by atoms with Crippen molar-refractivity contribution in [2.75, 3.05) is 5.32 Å². The third-order valence-electron chi connectivity index (χ3n) is 4.32. The molecule has 25 heavy (non-hydrogen) atoms. The van der Waals surface area contributed by atoms with Crippen LogP contribution in [0, 0.1) is 24.2 Å². The fraction of sp³-hybridized carbons (Fsp3) is 0.526. The number of hydrogen-bond acceptors (Lipinski definition) is 5. The number of carbonyl (C=O) groups excluding carboxylic acids is 1. The number of thiophene rings is 1. The maximum absolute atomic E-state index is 12.4. The Hall–Kier alpha value is -2.13. The van der Waals surface area contributed by atoms with Crippen LogP contribution in [0.3, 0.4) is 0 Å². The van der Waals surface area contributed by atoms with Crippen molar-refractivity contribution in [3.05, 3.63) is 23.1 Å². The van der Waals surface area contributed by atoms with Gasteiger partial charge in [-0.2, -0.15) is 5.26 Å². The van der Waals surface area contributed by atoms with E-state index in [2.05, 4.69) is 37.1 Å². The summed E-state index contributed by atoms with van der Waals surface area (Å²) in [5, 5.41) is 13.0. The number of nitrogens with zero attached hydrogens (tertiary/aromatic N) is 2. The predicted octanol–water partition coefficient (Wildman–Crippen LogP) is 5.26. The van der Waals surface area contributed by atoms with Crippen LogP contribution < -0.4 is 5.32 Å². The Balaban J connectivity index is 2.40. The number of nitrogens with one attached hydrogen (secondary N) is 1. The van der Waals surface area contributed by atoms with Crippen LogP contribution >= 0.6 is 11.3 Å². The van der Waals surface area contributed by atoms with E-state index in [1.54, 1.807) is 6.26 Å². The van der Waals surface area contributed by atoms with Crippen molar-refractivity contribution < 1.29 is 9.21 Å². The molecular weight excluding hydrogens is 334 g/mol. The quantitative estimate of drug-likeness (QED) is 0.790. The topological polar surface area (TPSA) is 78.9 Å². The lowest BCUT2D eigenvalue weighted by Gasteiger charge is -2.12. The minimum Gasteiger partial charge on any atom is -0.444 e. The normalized spacial score (nSPS) is 11.6. The Morgan fingerprint density at radius 2 is 2.04 bits per heavy atom. The number of nitriles is 1. The molecule has 6 heteroatoms. The van der Waals surface area contributed by atoms with Crippen molar-refractivity contribution in [2.24, 2.45) is 5.92 Å². The van der Waals surface area contributed by atoms with E-state index in [1.807, 2.05) is 20.8 Å². The van der Waals surface area contributed by atoms with E-state index in [-0.39, 0.29) is 17.2 Å². The minimum atomic E-state index is -0.114. The molecule has 0 aromatic carbocycles. The lowest BCUT2D eigenvalue weighted by Crippen LogP contribution is -2.21. The number of aromatic nitrogens is 1. The Morgan fingerprint density at radius 1 is 1.40 bits per heavy atom. The zero-order chi connectivity index (χ0) is 18.8. The average Bonchev–Trinajstić information content (AvgIpc) is 3.13. The van der Waals surface area contributed by atoms with Gasteiger partial charge in [-0.25, -0.2) is 4.98 Å². The van der Waals surface area contributed by atoms with Crippen molar-refractivity contribution in [3.63, 3.8) is 0 Å². The fourth-order valence-electron chi connectivity index (χ4n) is 2.54. The summed E-state index contributed by atoms with van der Waals surface area (Å²) in [6.45, 7) is 12.0. The van der Waals surface area contributed by atoms with Gasteiger partial charge in [0.25, 0.3) is 0 Å². The summed E-state index contributed by atoms with van der Waals surface area (Å²) >= 11 is 1.34. The Kier molecular flexibility index (Phi) is 5.69. The van der Waals surface area contributed by atoms with Gasteiger partial charge in [0, 0.05) is 11.3 Å². The van der Waals surface area contributed by atoms with Crippen molar-refractivity contribution in [3.8, 4) is 16.8 Å². The number of amides is 1. The standard InChI is InChI=1S/C19H25N3O2S/c1-7-12(8-2)16(23)22-18-13(9-20)11(3)15(25-18)17-21-14(10-24-17)19(4,5)6/h10,12H,7-8H2,1-6H3,(H,22,23). The van der Waals surface area contributed by atoms with E-state index in [4.69, 9.17) is 4.42 Å². The number of hydrogen-bond donors (Lipinski definition) is 1. The maximum Gasteiger partial charge on any atom is 0.236 e. The monoisotopic (exact) mass is 359 g/mol. The Labute approximate surface area is 153 Å². The second-order valence-corrected chi connectivity index (χ2v) is 8.18. The molecule has 0 spiro atoms. The number of rotatable bonds is 5. The van der Waals surface area contributed by atoms with Crippen LogP contribution in [0.25, 0.3) is 10.8 Å². The average molecular weight is 359 g/mol. The van der Waals surface area contributed by atoms with Crippen LogP contribution in [0.1, 0.15) is 64.3 Å². The van der Waals surface area contributed by atoms with Gasteiger partial charge in [-0.15, -0.1) is 11.3 Å². The number of anilines is 1. The fourth-order valence-corrected chi connectivity index (χ4v) is 3.63. The molecule has 2 heterocycles. The molecule has 1 amide bonds. The molecule has 0 aliphatic heterocycles. The largest absolute Gasteiger partial charge is 0.444 e. The van der Waals surface area contributed by atoms with E-state index in [0.29, 0.717) is 16.5 Å².